The Morgan fingerprint density at radius 1 is 1.41 bits per heavy atom. The lowest BCUT2D eigenvalue weighted by molar-refractivity contribution is -0.384. The number of carbonyl (C=O) groups excluding carboxylic acids is 1. The molecule has 2 aliphatic heterocycles. The van der Waals surface area contributed by atoms with E-state index in [1.807, 2.05) is 11.8 Å². The third kappa shape index (κ3) is 2.93. The third-order valence-corrected chi connectivity index (χ3v) is 5.76. The smallest absolute Gasteiger partial charge is 0.270 e. The zero-order valence-electron chi connectivity index (χ0n) is 11.8. The Balaban J connectivity index is 1.71. The molecule has 0 N–H and O–H groups in total. The van der Waals surface area contributed by atoms with E-state index in [1.165, 1.54) is 18.2 Å². The van der Waals surface area contributed by atoms with Crippen molar-refractivity contribution in [3.63, 3.8) is 0 Å². The molecule has 2 saturated heterocycles. The lowest BCUT2D eigenvalue weighted by Crippen LogP contribution is -2.45. The first-order valence-electron chi connectivity index (χ1n) is 7.02. The zero-order valence-corrected chi connectivity index (χ0v) is 13.4. The van der Waals surface area contributed by atoms with Gasteiger partial charge in [-0.25, -0.2) is 0 Å². The number of nitro groups is 1. The number of non-ortho nitro benzene ring substituents is 1. The predicted octanol–water partition coefficient (Wildman–Crippen LogP) is 2.94. The van der Waals surface area contributed by atoms with Gasteiger partial charge in [-0.05, 0) is 6.07 Å². The van der Waals surface area contributed by atoms with Crippen LogP contribution in [0.3, 0.4) is 0 Å². The van der Waals surface area contributed by atoms with E-state index in [1.54, 1.807) is 4.90 Å². The van der Waals surface area contributed by atoms with E-state index < -0.39 is 4.92 Å². The average molecular weight is 343 g/mol. The third-order valence-electron chi connectivity index (χ3n) is 4.02. The van der Waals surface area contributed by atoms with E-state index in [-0.39, 0.29) is 21.6 Å². The Labute approximate surface area is 136 Å². The number of nitro benzene ring substituents is 1. The van der Waals surface area contributed by atoms with E-state index >= 15 is 0 Å². The Hall–Kier alpha value is -1.31. The molecule has 3 rings (SSSR count). The second kappa shape index (κ2) is 6.06. The standard InChI is InChI=1S/C14H15ClN2O4S/c15-12-9-10(17(19)20)1-2-11(12)13(18)16-5-3-14(4-6-16)21-7-8-22-14/h1-2,9H,3-8H2. The van der Waals surface area contributed by atoms with Crippen molar-refractivity contribution in [1.82, 2.24) is 4.90 Å². The maximum Gasteiger partial charge on any atom is 0.270 e. The molecule has 2 fully saturated rings. The van der Waals surface area contributed by atoms with Gasteiger partial charge < -0.3 is 9.64 Å². The summed E-state index contributed by atoms with van der Waals surface area (Å²) in [5.41, 5.74) is 0.193. The van der Waals surface area contributed by atoms with E-state index in [0.29, 0.717) is 18.7 Å². The second-order valence-electron chi connectivity index (χ2n) is 5.32. The summed E-state index contributed by atoms with van der Waals surface area (Å²) < 4.78 is 5.80. The van der Waals surface area contributed by atoms with Crippen LogP contribution in [0.25, 0.3) is 0 Å². The summed E-state index contributed by atoms with van der Waals surface area (Å²) >= 11 is 7.85. The Kier molecular flexibility index (Phi) is 4.29. The van der Waals surface area contributed by atoms with Crippen LogP contribution in [-0.2, 0) is 4.74 Å². The summed E-state index contributed by atoms with van der Waals surface area (Å²) in [5, 5.41) is 10.8. The fourth-order valence-electron chi connectivity index (χ4n) is 2.80. The van der Waals surface area contributed by atoms with Gasteiger partial charge in [0.2, 0.25) is 0 Å². The van der Waals surface area contributed by atoms with Crippen molar-refractivity contribution in [1.29, 1.82) is 0 Å². The molecule has 0 aliphatic carbocycles. The molecule has 0 bridgehead atoms. The van der Waals surface area contributed by atoms with Gasteiger partial charge >= 0.3 is 0 Å². The quantitative estimate of drug-likeness (QED) is 0.610. The van der Waals surface area contributed by atoms with Crippen molar-refractivity contribution < 1.29 is 14.5 Å². The molecule has 0 radical (unpaired) electrons. The van der Waals surface area contributed by atoms with Gasteiger partial charge in [-0.1, -0.05) is 11.6 Å². The molecular formula is C14H15ClN2O4S. The van der Waals surface area contributed by atoms with Crippen molar-refractivity contribution in [2.75, 3.05) is 25.4 Å². The number of likely N-dealkylation sites (tertiary alicyclic amines) is 1. The van der Waals surface area contributed by atoms with E-state index in [0.717, 1.165) is 25.2 Å². The number of hydrogen-bond donors (Lipinski definition) is 0. The maximum absolute atomic E-state index is 12.5. The molecule has 0 aromatic heterocycles. The Morgan fingerprint density at radius 2 is 2.14 bits per heavy atom. The number of amides is 1. The Bertz CT molecular complexity index is 609. The average Bonchev–Trinajstić information content (AvgIpc) is 2.95. The normalized spacial score (nSPS) is 20.3. The van der Waals surface area contributed by atoms with Gasteiger partial charge in [0, 0.05) is 43.8 Å². The first-order chi connectivity index (χ1) is 10.5. The molecule has 6 nitrogen and oxygen atoms in total. The predicted molar refractivity (Wildman–Crippen MR) is 84.4 cm³/mol. The molecule has 118 valence electrons. The van der Waals surface area contributed by atoms with Gasteiger partial charge in [0.25, 0.3) is 11.6 Å². The second-order valence-corrected chi connectivity index (χ2v) is 7.17. The molecule has 1 aromatic carbocycles. The van der Waals surface area contributed by atoms with Crippen molar-refractivity contribution in [2.45, 2.75) is 17.8 Å². The largest absolute Gasteiger partial charge is 0.363 e. The van der Waals surface area contributed by atoms with Crippen LogP contribution in [0.2, 0.25) is 5.02 Å². The lowest BCUT2D eigenvalue weighted by atomic mass is 10.1. The number of piperidine rings is 1. The number of thioether (sulfide) groups is 1. The van der Waals surface area contributed by atoms with Crippen LogP contribution in [0, 0.1) is 10.1 Å². The number of ether oxygens (including phenoxy) is 1. The Morgan fingerprint density at radius 3 is 2.68 bits per heavy atom. The topological polar surface area (TPSA) is 72.7 Å². The molecule has 0 saturated carbocycles. The van der Waals surface area contributed by atoms with Gasteiger partial charge in [0.15, 0.2) is 0 Å². The molecule has 1 spiro atoms. The van der Waals surface area contributed by atoms with Crippen LogP contribution >= 0.6 is 23.4 Å². The van der Waals surface area contributed by atoms with E-state index in [2.05, 4.69) is 0 Å². The van der Waals surface area contributed by atoms with Crippen LogP contribution in [-0.4, -0.2) is 46.1 Å². The number of nitrogens with zero attached hydrogens (tertiary/aromatic N) is 2. The summed E-state index contributed by atoms with van der Waals surface area (Å²) in [4.78, 5) is 24.3. The van der Waals surface area contributed by atoms with Crippen LogP contribution < -0.4 is 0 Å². The van der Waals surface area contributed by atoms with Crippen LogP contribution in [0.1, 0.15) is 23.2 Å². The van der Waals surface area contributed by atoms with Crippen molar-refractivity contribution in [2.24, 2.45) is 0 Å². The van der Waals surface area contributed by atoms with Gasteiger partial charge in [-0.3, -0.25) is 14.9 Å². The van der Waals surface area contributed by atoms with Gasteiger partial charge in [-0.15, -0.1) is 11.8 Å². The highest BCUT2D eigenvalue weighted by atomic mass is 35.5. The first-order valence-corrected chi connectivity index (χ1v) is 8.38. The van der Waals surface area contributed by atoms with Crippen molar-refractivity contribution in [3.8, 4) is 0 Å². The number of halogens is 1. The molecule has 0 atom stereocenters. The van der Waals surface area contributed by atoms with Crippen LogP contribution in [0.15, 0.2) is 18.2 Å². The highest BCUT2D eigenvalue weighted by Crippen LogP contribution is 2.41. The summed E-state index contributed by atoms with van der Waals surface area (Å²) in [7, 11) is 0. The summed E-state index contributed by atoms with van der Waals surface area (Å²) in [6.45, 7) is 1.99. The minimum atomic E-state index is -0.528. The molecule has 0 unspecified atom stereocenters. The highest BCUT2D eigenvalue weighted by molar-refractivity contribution is 8.00. The highest BCUT2D eigenvalue weighted by Gasteiger charge is 2.40. The van der Waals surface area contributed by atoms with E-state index in [9.17, 15) is 14.9 Å². The monoisotopic (exact) mass is 342 g/mol. The number of hydrogen-bond acceptors (Lipinski definition) is 5. The molecule has 1 amide bonds. The fourth-order valence-corrected chi connectivity index (χ4v) is 4.23. The molecule has 2 aliphatic rings. The van der Waals surface area contributed by atoms with Crippen LogP contribution in [0.5, 0.6) is 0 Å². The minimum Gasteiger partial charge on any atom is -0.363 e. The fraction of sp³-hybridized carbons (Fsp3) is 0.500. The summed E-state index contributed by atoms with van der Waals surface area (Å²) in [6.07, 6.45) is 1.60. The van der Waals surface area contributed by atoms with Gasteiger partial charge in [0.05, 0.1) is 22.1 Å². The SMILES string of the molecule is O=C(c1ccc([N+](=O)[O-])cc1Cl)N1CCC2(CC1)OCCS2. The molecule has 2 heterocycles. The van der Waals surface area contributed by atoms with Gasteiger partial charge in [0.1, 0.15) is 4.93 Å². The number of carbonyl (C=O) groups is 1. The van der Waals surface area contributed by atoms with Gasteiger partial charge in [-0.2, -0.15) is 0 Å². The van der Waals surface area contributed by atoms with Crippen molar-refractivity contribution >= 4 is 35.0 Å². The zero-order chi connectivity index (χ0) is 15.7. The van der Waals surface area contributed by atoms with Crippen LogP contribution in [0.4, 0.5) is 5.69 Å². The lowest BCUT2D eigenvalue weighted by Gasteiger charge is -2.37. The van der Waals surface area contributed by atoms with Crippen molar-refractivity contribution in [3.05, 3.63) is 38.9 Å². The summed E-state index contributed by atoms with van der Waals surface area (Å²) in [6, 6.07) is 3.95. The number of rotatable bonds is 2. The first kappa shape index (κ1) is 15.6. The number of benzene rings is 1. The molecule has 22 heavy (non-hydrogen) atoms. The van der Waals surface area contributed by atoms with E-state index in [4.69, 9.17) is 16.3 Å². The summed E-state index contributed by atoms with van der Waals surface area (Å²) in [5.74, 6) is 0.819. The maximum atomic E-state index is 12.5. The molecule has 8 heteroatoms. The molecular weight excluding hydrogens is 328 g/mol. The molecule has 1 aromatic rings. The minimum absolute atomic E-state index is 0.116.